The van der Waals surface area contributed by atoms with Crippen LogP contribution in [-0.4, -0.2) is 83.3 Å². The van der Waals surface area contributed by atoms with Crippen molar-refractivity contribution in [2.45, 2.75) is 95.1 Å². The number of nitrogens with two attached hydrogens (primary N) is 1. The maximum atomic E-state index is 14.1. The number of nitrogens with one attached hydrogen (secondary N) is 3. The number of unbranched alkanes of at least 4 members (excludes halogenated alkanes) is 5. The van der Waals surface area contributed by atoms with E-state index in [9.17, 15) is 41.2 Å². The number of alkyl halides is 2. The van der Waals surface area contributed by atoms with Crippen LogP contribution in [0.5, 0.6) is 5.75 Å². The number of amides is 5. The SMILES string of the molecule is NC(=S)c1cccc(-c2cn(C3CCC(F)(F)CC3)c3cc(NS(=O)(=O)CCCCCCCCNC(=O)COc4cccc5c4C(=O)N(C4CCC(=O)NC4=O)C5=O)ccc23)c1. The molecule has 3 aromatic carbocycles. The Balaban J connectivity index is 0.841. The molecule has 5 amide bonds. The molecule has 3 heterocycles. The van der Waals surface area contributed by atoms with Gasteiger partial charge in [-0.15, -0.1) is 0 Å². The Morgan fingerprint density at radius 2 is 1.63 bits per heavy atom. The third-order valence-corrected chi connectivity index (χ3v) is 13.2. The maximum absolute atomic E-state index is 14.1. The number of thiocarbonyl (C=S) groups is 1. The number of imide groups is 2. The molecule has 5 N–H and O–H groups in total. The molecule has 0 radical (unpaired) electrons. The van der Waals surface area contributed by atoms with E-state index >= 15 is 0 Å². The van der Waals surface area contributed by atoms with E-state index in [4.69, 9.17) is 22.7 Å². The third kappa shape index (κ3) is 10.1. The van der Waals surface area contributed by atoms with Crippen LogP contribution < -0.4 is 25.8 Å². The van der Waals surface area contributed by atoms with Crippen LogP contribution in [0.2, 0.25) is 0 Å². The first-order valence-electron chi connectivity index (χ1n) is 20.8. The van der Waals surface area contributed by atoms with E-state index in [0.717, 1.165) is 46.2 Å². The summed E-state index contributed by atoms with van der Waals surface area (Å²) in [6.07, 6.45) is 6.38. The van der Waals surface area contributed by atoms with Crippen LogP contribution in [0.15, 0.2) is 66.9 Å². The molecule has 1 saturated heterocycles. The standard InChI is InChI=1S/C44H48F2N6O8S2/c45-44(46)19-17-30(18-20-44)51-25-33(27-9-7-10-28(23-27)40(47)61)31-14-13-29(24-35(31)51)50-62(58,59)22-6-4-2-1-3-5-21-48-38(54)26-60-36-12-8-11-32-39(36)43(57)52(42(32)56)34-15-16-37(53)49-41(34)55/h7-14,23-25,30,34,50H,1-6,15-22,26H2,(H2,47,61)(H,48,54)(H,49,53,55). The van der Waals surface area contributed by atoms with Crippen LogP contribution in [-0.2, 0) is 24.4 Å². The molecule has 1 aliphatic carbocycles. The average molecular weight is 891 g/mol. The molecule has 7 rings (SSSR count). The average Bonchev–Trinajstić information content (AvgIpc) is 3.73. The van der Waals surface area contributed by atoms with Crippen molar-refractivity contribution >= 4 is 73.4 Å². The van der Waals surface area contributed by atoms with Gasteiger partial charge in [-0.05, 0) is 68.0 Å². The van der Waals surface area contributed by atoms with Gasteiger partial charge in [0.05, 0.1) is 28.1 Å². The molecule has 62 heavy (non-hydrogen) atoms. The molecule has 2 fully saturated rings. The number of fused-ring (bicyclic) bond motifs is 2. The Morgan fingerprint density at radius 3 is 2.37 bits per heavy atom. The number of nitrogens with zero attached hydrogens (tertiary/aromatic N) is 2. The molecule has 3 aliphatic rings. The van der Waals surface area contributed by atoms with Crippen LogP contribution in [0.1, 0.15) is 109 Å². The monoisotopic (exact) mass is 890 g/mol. The number of hydrogen-bond acceptors (Lipinski definition) is 9. The summed E-state index contributed by atoms with van der Waals surface area (Å²) in [7, 11) is -3.69. The number of piperidine rings is 1. The fraction of sp³-hybridized carbons (Fsp3) is 0.409. The lowest BCUT2D eigenvalue weighted by Gasteiger charge is -2.29. The summed E-state index contributed by atoms with van der Waals surface area (Å²) >= 11 is 5.18. The summed E-state index contributed by atoms with van der Waals surface area (Å²) in [5.41, 5.74) is 9.47. The lowest BCUT2D eigenvalue weighted by Crippen LogP contribution is -2.54. The second-order valence-electron chi connectivity index (χ2n) is 16.0. The number of benzene rings is 3. The Morgan fingerprint density at radius 1 is 0.903 bits per heavy atom. The molecule has 328 valence electrons. The number of aromatic nitrogens is 1. The molecule has 0 bridgehead atoms. The van der Waals surface area contributed by atoms with Crippen molar-refractivity contribution in [2.75, 3.05) is 23.6 Å². The van der Waals surface area contributed by atoms with Crippen molar-refractivity contribution in [2.24, 2.45) is 5.73 Å². The number of rotatable bonds is 18. The van der Waals surface area contributed by atoms with E-state index in [1.54, 1.807) is 12.1 Å². The zero-order valence-corrected chi connectivity index (χ0v) is 35.6. The number of ether oxygens (including phenoxy) is 1. The van der Waals surface area contributed by atoms with Gasteiger partial charge >= 0.3 is 0 Å². The topological polar surface area (TPSA) is 199 Å². The lowest BCUT2D eigenvalue weighted by atomic mass is 9.92. The van der Waals surface area contributed by atoms with Crippen LogP contribution in [0.3, 0.4) is 0 Å². The summed E-state index contributed by atoms with van der Waals surface area (Å²) in [6.45, 7) is -0.0214. The van der Waals surface area contributed by atoms with Gasteiger partial charge in [0.15, 0.2) is 6.61 Å². The van der Waals surface area contributed by atoms with Crippen molar-refractivity contribution in [3.63, 3.8) is 0 Å². The number of hydrogen-bond donors (Lipinski definition) is 4. The van der Waals surface area contributed by atoms with Crippen LogP contribution in [0, 0.1) is 0 Å². The highest BCUT2D eigenvalue weighted by Gasteiger charge is 2.46. The van der Waals surface area contributed by atoms with E-state index < -0.39 is 58.1 Å². The molecule has 14 nitrogen and oxygen atoms in total. The maximum Gasteiger partial charge on any atom is 0.266 e. The largest absolute Gasteiger partial charge is 0.483 e. The zero-order valence-electron chi connectivity index (χ0n) is 33.9. The Kier molecular flexibility index (Phi) is 13.4. The first kappa shape index (κ1) is 44.3. The lowest BCUT2D eigenvalue weighted by molar-refractivity contribution is -0.136. The molecule has 0 spiro atoms. The smallest absolute Gasteiger partial charge is 0.266 e. The van der Waals surface area contributed by atoms with Gasteiger partial charge in [0.2, 0.25) is 27.8 Å². The molecule has 18 heteroatoms. The highest BCUT2D eigenvalue weighted by Crippen LogP contribution is 2.42. The van der Waals surface area contributed by atoms with Gasteiger partial charge < -0.3 is 20.4 Å². The molecule has 1 atom stereocenters. The van der Waals surface area contributed by atoms with Gasteiger partial charge in [0.1, 0.15) is 16.8 Å². The summed E-state index contributed by atoms with van der Waals surface area (Å²) in [4.78, 5) is 63.8. The first-order valence-corrected chi connectivity index (χ1v) is 22.8. The number of halogens is 2. The number of carbonyl (C=O) groups is 5. The van der Waals surface area contributed by atoms with E-state index in [-0.39, 0.29) is 59.3 Å². The number of carbonyl (C=O) groups excluding carboxylic acids is 5. The van der Waals surface area contributed by atoms with E-state index in [1.807, 2.05) is 41.1 Å². The minimum atomic E-state index is -3.69. The summed E-state index contributed by atoms with van der Waals surface area (Å²) in [5, 5.41) is 5.77. The molecule has 1 aromatic heterocycles. The molecule has 2 aliphatic heterocycles. The Labute approximate surface area is 363 Å². The molecule has 1 saturated carbocycles. The van der Waals surface area contributed by atoms with Gasteiger partial charge in [0, 0.05) is 54.6 Å². The second kappa shape index (κ2) is 18.7. The fourth-order valence-electron chi connectivity index (χ4n) is 8.37. The molecular weight excluding hydrogens is 843 g/mol. The second-order valence-corrected chi connectivity index (χ2v) is 18.3. The summed E-state index contributed by atoms with van der Waals surface area (Å²) in [5.74, 6) is -5.75. The Bertz CT molecular complexity index is 2530. The van der Waals surface area contributed by atoms with Gasteiger partial charge in [-0.3, -0.25) is 38.9 Å². The third-order valence-electron chi connectivity index (χ3n) is 11.6. The van der Waals surface area contributed by atoms with Gasteiger partial charge in [0.25, 0.3) is 17.7 Å². The van der Waals surface area contributed by atoms with Crippen molar-refractivity contribution < 1.29 is 45.9 Å². The Hall–Kier alpha value is -5.75. The highest BCUT2D eigenvalue weighted by molar-refractivity contribution is 7.92. The molecular formula is C44H48F2N6O8S2. The molecule has 1 unspecified atom stereocenters. The number of sulfonamides is 1. The zero-order chi connectivity index (χ0) is 44.2. The van der Waals surface area contributed by atoms with E-state index in [1.165, 1.54) is 18.2 Å². The molecule has 4 aromatic rings. The van der Waals surface area contributed by atoms with Gasteiger partial charge in [-0.1, -0.05) is 68.2 Å². The van der Waals surface area contributed by atoms with E-state index in [2.05, 4.69) is 15.4 Å². The van der Waals surface area contributed by atoms with Crippen molar-refractivity contribution in [3.8, 4) is 16.9 Å². The van der Waals surface area contributed by atoms with Crippen LogP contribution in [0.25, 0.3) is 22.0 Å². The van der Waals surface area contributed by atoms with Crippen LogP contribution in [0.4, 0.5) is 14.5 Å². The van der Waals surface area contributed by atoms with Crippen molar-refractivity contribution in [1.82, 2.24) is 20.1 Å². The predicted molar refractivity (Wildman–Crippen MR) is 232 cm³/mol. The minimum absolute atomic E-state index is 0.00404. The van der Waals surface area contributed by atoms with Crippen molar-refractivity contribution in [3.05, 3.63) is 83.6 Å². The fourth-order valence-corrected chi connectivity index (χ4v) is 9.67. The summed E-state index contributed by atoms with van der Waals surface area (Å²) in [6, 6.07) is 15.9. The predicted octanol–water partition coefficient (Wildman–Crippen LogP) is 6.37. The van der Waals surface area contributed by atoms with Gasteiger partial charge in [-0.25, -0.2) is 17.2 Å². The van der Waals surface area contributed by atoms with Crippen LogP contribution >= 0.6 is 12.2 Å². The first-order chi connectivity index (χ1) is 29.6. The number of anilines is 1. The quantitative estimate of drug-likeness (QED) is 0.0495. The highest BCUT2D eigenvalue weighted by atomic mass is 32.2. The van der Waals surface area contributed by atoms with E-state index in [0.29, 0.717) is 49.9 Å². The van der Waals surface area contributed by atoms with Gasteiger partial charge in [-0.2, -0.15) is 0 Å². The normalized spacial score (nSPS) is 17.8. The summed E-state index contributed by atoms with van der Waals surface area (Å²) < 4.78 is 64.9. The van der Waals surface area contributed by atoms with Crippen molar-refractivity contribution in [1.29, 1.82) is 0 Å². The minimum Gasteiger partial charge on any atom is -0.483 e.